The Morgan fingerprint density at radius 3 is 2.32 bits per heavy atom. The molecule has 0 saturated heterocycles. The fourth-order valence-electron chi connectivity index (χ4n) is 3.74. The van der Waals surface area contributed by atoms with Crippen LogP contribution in [0.4, 0.5) is 0 Å². The fraction of sp³-hybridized carbons (Fsp3) is 0.250. The van der Waals surface area contributed by atoms with E-state index in [-0.39, 0.29) is 12.2 Å². The predicted octanol–water partition coefficient (Wildman–Crippen LogP) is 4.27. The lowest BCUT2D eigenvalue weighted by atomic mass is 9.79. The Kier molecular flexibility index (Phi) is 6.97. The van der Waals surface area contributed by atoms with Gasteiger partial charge >= 0.3 is 5.97 Å². The summed E-state index contributed by atoms with van der Waals surface area (Å²) in [5.41, 5.74) is 0.821. The van der Waals surface area contributed by atoms with Crippen LogP contribution in [0.15, 0.2) is 66.7 Å². The summed E-state index contributed by atoms with van der Waals surface area (Å²) in [5.74, 6) is -3.09. The van der Waals surface area contributed by atoms with Crippen LogP contribution in [0.1, 0.15) is 28.8 Å². The molecule has 0 spiro atoms. The van der Waals surface area contributed by atoms with Crippen LogP contribution < -0.4 is 4.74 Å². The molecule has 0 aliphatic rings. The molecule has 3 rings (SSSR count). The summed E-state index contributed by atoms with van der Waals surface area (Å²) >= 11 is 0. The summed E-state index contributed by atoms with van der Waals surface area (Å²) in [5, 5.41) is 13.2. The number of carbonyl (C=O) groups excluding carboxylic acids is 2. The lowest BCUT2D eigenvalue weighted by Crippen LogP contribution is -2.35. The average molecular weight is 421 g/mol. The first kappa shape index (κ1) is 22.0. The highest BCUT2D eigenvalue weighted by Gasteiger charge is 2.41. The van der Waals surface area contributed by atoms with Crippen LogP contribution in [0, 0.1) is 16.0 Å². The Balaban J connectivity index is 2.14. The zero-order valence-corrected chi connectivity index (χ0v) is 17.3. The van der Waals surface area contributed by atoms with Gasteiger partial charge in [-0.05, 0) is 47.5 Å². The molecule has 0 aliphatic carbocycles. The number of nitrogens with zero attached hydrogens (tertiary/aromatic N) is 1. The van der Waals surface area contributed by atoms with Gasteiger partial charge in [0.2, 0.25) is 6.54 Å². The second-order valence-electron chi connectivity index (χ2n) is 7.01. The van der Waals surface area contributed by atoms with Crippen molar-refractivity contribution in [2.24, 2.45) is 5.92 Å². The van der Waals surface area contributed by atoms with Crippen LogP contribution in [0.5, 0.6) is 5.75 Å². The topological polar surface area (TPSA) is 95.7 Å². The maximum absolute atomic E-state index is 13.4. The number of ketones is 1. The van der Waals surface area contributed by atoms with E-state index in [0.29, 0.717) is 11.3 Å². The van der Waals surface area contributed by atoms with Gasteiger partial charge in [0.25, 0.3) is 0 Å². The molecule has 3 aromatic rings. The Hall–Kier alpha value is -3.74. The predicted molar refractivity (Wildman–Crippen MR) is 116 cm³/mol. The van der Waals surface area contributed by atoms with Crippen molar-refractivity contribution in [3.63, 3.8) is 0 Å². The third-order valence-electron chi connectivity index (χ3n) is 5.17. The summed E-state index contributed by atoms with van der Waals surface area (Å²) < 4.78 is 10.3. The monoisotopic (exact) mass is 421 g/mol. The van der Waals surface area contributed by atoms with E-state index in [9.17, 15) is 19.7 Å². The summed E-state index contributed by atoms with van der Waals surface area (Å²) in [4.78, 5) is 37.4. The molecule has 0 aromatic heterocycles. The van der Waals surface area contributed by atoms with E-state index < -0.39 is 35.1 Å². The molecule has 2 atom stereocenters. The number of benzene rings is 3. The van der Waals surface area contributed by atoms with E-state index in [2.05, 4.69) is 0 Å². The average Bonchev–Trinajstić information content (AvgIpc) is 2.78. The quantitative estimate of drug-likeness (QED) is 0.168. The molecule has 0 heterocycles. The molecule has 160 valence electrons. The normalized spacial score (nSPS) is 12.7. The summed E-state index contributed by atoms with van der Waals surface area (Å²) in [6.45, 7) is 1.11. The van der Waals surface area contributed by atoms with Gasteiger partial charge in [0.05, 0.1) is 19.6 Å². The molecule has 0 bridgehead atoms. The van der Waals surface area contributed by atoms with Crippen molar-refractivity contribution in [3.05, 3.63) is 88.0 Å². The van der Waals surface area contributed by atoms with Crippen molar-refractivity contribution < 1.29 is 24.0 Å². The van der Waals surface area contributed by atoms with E-state index >= 15 is 0 Å². The first-order valence-corrected chi connectivity index (χ1v) is 9.90. The third-order valence-corrected chi connectivity index (χ3v) is 5.17. The number of methoxy groups -OCH3 is 1. The molecular weight excluding hydrogens is 398 g/mol. The second-order valence-corrected chi connectivity index (χ2v) is 7.01. The van der Waals surface area contributed by atoms with Crippen molar-refractivity contribution in [2.45, 2.75) is 12.8 Å². The number of carbonyl (C=O) groups is 2. The minimum absolute atomic E-state index is 0.0615. The lowest BCUT2D eigenvalue weighted by molar-refractivity contribution is -0.484. The van der Waals surface area contributed by atoms with Crippen molar-refractivity contribution in [3.8, 4) is 5.75 Å². The van der Waals surface area contributed by atoms with Gasteiger partial charge in [0.1, 0.15) is 11.7 Å². The van der Waals surface area contributed by atoms with Crippen LogP contribution in [0.3, 0.4) is 0 Å². The van der Waals surface area contributed by atoms with E-state index in [1.807, 2.05) is 30.3 Å². The minimum atomic E-state index is -1.36. The first-order chi connectivity index (χ1) is 15.0. The second kappa shape index (κ2) is 9.84. The molecule has 2 unspecified atom stereocenters. The molecule has 0 fully saturated rings. The number of nitro groups is 1. The van der Waals surface area contributed by atoms with Crippen LogP contribution in [-0.4, -0.2) is 36.9 Å². The Morgan fingerprint density at radius 2 is 1.68 bits per heavy atom. The van der Waals surface area contributed by atoms with Crippen LogP contribution >= 0.6 is 0 Å². The van der Waals surface area contributed by atoms with Gasteiger partial charge in [-0.3, -0.25) is 19.7 Å². The fourth-order valence-corrected chi connectivity index (χ4v) is 3.74. The maximum Gasteiger partial charge on any atom is 0.317 e. The summed E-state index contributed by atoms with van der Waals surface area (Å²) in [6, 6.07) is 19.1. The van der Waals surface area contributed by atoms with Gasteiger partial charge < -0.3 is 9.47 Å². The number of ether oxygens (including phenoxy) is 2. The maximum atomic E-state index is 13.4. The van der Waals surface area contributed by atoms with Crippen LogP contribution in [0.2, 0.25) is 0 Å². The smallest absolute Gasteiger partial charge is 0.317 e. The van der Waals surface area contributed by atoms with Crippen molar-refractivity contribution in [1.29, 1.82) is 0 Å². The number of Topliss-reactive ketones (excluding diaryl/α,β-unsaturated/α-hetero) is 1. The highest BCUT2D eigenvalue weighted by molar-refractivity contribution is 6.09. The van der Waals surface area contributed by atoms with E-state index in [1.165, 1.54) is 7.11 Å². The van der Waals surface area contributed by atoms with Gasteiger partial charge in [-0.2, -0.15) is 0 Å². The molecule has 31 heavy (non-hydrogen) atoms. The van der Waals surface area contributed by atoms with E-state index in [4.69, 9.17) is 9.47 Å². The van der Waals surface area contributed by atoms with Gasteiger partial charge in [0, 0.05) is 10.5 Å². The SMILES string of the molecule is CCOC(=O)C(C(=O)c1ccc(OC)cc1)C(C[N+](=O)[O-])c1cccc2ccccc12. The summed E-state index contributed by atoms with van der Waals surface area (Å²) in [7, 11) is 1.51. The summed E-state index contributed by atoms with van der Waals surface area (Å²) in [6.07, 6.45) is 0. The molecule has 7 nitrogen and oxygen atoms in total. The van der Waals surface area contributed by atoms with Crippen LogP contribution in [-0.2, 0) is 9.53 Å². The molecule has 0 saturated carbocycles. The first-order valence-electron chi connectivity index (χ1n) is 9.90. The number of rotatable bonds is 9. The van der Waals surface area contributed by atoms with Gasteiger partial charge in [-0.1, -0.05) is 42.5 Å². The van der Waals surface area contributed by atoms with E-state index in [0.717, 1.165) is 10.8 Å². The van der Waals surface area contributed by atoms with Crippen LogP contribution in [0.25, 0.3) is 10.8 Å². The molecule has 3 aromatic carbocycles. The zero-order valence-electron chi connectivity index (χ0n) is 17.3. The molecule has 7 heteroatoms. The highest BCUT2D eigenvalue weighted by Crippen LogP contribution is 2.34. The molecular formula is C24H23NO6. The van der Waals surface area contributed by atoms with Gasteiger partial charge in [0.15, 0.2) is 5.78 Å². The Bertz CT molecular complexity index is 1090. The Labute approximate surface area is 179 Å². The lowest BCUT2D eigenvalue weighted by Gasteiger charge is -2.23. The third kappa shape index (κ3) is 4.88. The van der Waals surface area contributed by atoms with Gasteiger partial charge in [-0.25, -0.2) is 0 Å². The molecule has 0 radical (unpaired) electrons. The Morgan fingerprint density at radius 1 is 1.00 bits per heavy atom. The van der Waals surface area contributed by atoms with Crippen molar-refractivity contribution in [1.82, 2.24) is 0 Å². The van der Waals surface area contributed by atoms with Crippen molar-refractivity contribution >= 4 is 22.5 Å². The molecule has 0 amide bonds. The largest absolute Gasteiger partial charge is 0.497 e. The number of esters is 1. The van der Waals surface area contributed by atoms with E-state index in [1.54, 1.807) is 43.3 Å². The minimum Gasteiger partial charge on any atom is -0.497 e. The highest BCUT2D eigenvalue weighted by atomic mass is 16.6. The molecule has 0 aliphatic heterocycles. The van der Waals surface area contributed by atoms with Crippen molar-refractivity contribution in [2.75, 3.05) is 20.3 Å². The van der Waals surface area contributed by atoms with Gasteiger partial charge in [-0.15, -0.1) is 0 Å². The molecule has 0 N–H and O–H groups in total. The number of hydrogen-bond donors (Lipinski definition) is 0. The standard InChI is InChI=1S/C24H23NO6/c1-3-31-24(27)22(23(26)17-11-13-18(30-2)14-12-17)21(15-25(28)29)20-10-6-8-16-7-4-5-9-19(16)20/h4-14,21-22H,3,15H2,1-2H3. The number of hydrogen-bond acceptors (Lipinski definition) is 6. The zero-order chi connectivity index (χ0) is 22.4. The number of fused-ring (bicyclic) bond motifs is 1.